The Balaban J connectivity index is 2.18. The first-order valence-electron chi connectivity index (χ1n) is 6.64. The highest BCUT2D eigenvalue weighted by Gasteiger charge is 2.10. The van der Waals surface area contributed by atoms with E-state index in [0.717, 1.165) is 15.4 Å². The largest absolute Gasteiger partial charge is 0.494 e. The summed E-state index contributed by atoms with van der Waals surface area (Å²) in [7, 11) is 0. The van der Waals surface area contributed by atoms with Gasteiger partial charge in [0.05, 0.1) is 12.2 Å². The fourth-order valence-corrected chi connectivity index (χ4v) is 2.71. The Morgan fingerprint density at radius 3 is 2.67 bits per heavy atom. The molecule has 0 N–H and O–H groups in total. The van der Waals surface area contributed by atoms with Gasteiger partial charge in [0.15, 0.2) is 0 Å². The fourth-order valence-electron chi connectivity index (χ4n) is 2.22. The molecule has 3 rings (SSSR count). The van der Waals surface area contributed by atoms with Gasteiger partial charge in [0.25, 0.3) is 0 Å². The molecular formula is C17H13BrO3. The summed E-state index contributed by atoms with van der Waals surface area (Å²) in [5.74, 6) is 0.696. The molecule has 0 aliphatic carbocycles. The van der Waals surface area contributed by atoms with E-state index in [1.165, 1.54) is 0 Å². The van der Waals surface area contributed by atoms with E-state index >= 15 is 0 Å². The molecule has 21 heavy (non-hydrogen) atoms. The number of rotatable bonds is 3. The lowest BCUT2D eigenvalue weighted by atomic mass is 10.1. The number of ether oxygens (including phenoxy) is 1. The van der Waals surface area contributed by atoms with E-state index < -0.39 is 0 Å². The summed E-state index contributed by atoms with van der Waals surface area (Å²) in [5, 5.41) is 0.865. The SMILES string of the molecule is CCOc1ccc2cc(-c3ccccc3Br)c(=O)oc2c1. The first-order valence-corrected chi connectivity index (χ1v) is 7.44. The minimum absolute atomic E-state index is 0.358. The highest BCUT2D eigenvalue weighted by molar-refractivity contribution is 9.10. The molecule has 0 atom stereocenters. The summed E-state index contributed by atoms with van der Waals surface area (Å²) in [6.45, 7) is 2.49. The fraction of sp³-hybridized carbons (Fsp3) is 0.118. The maximum absolute atomic E-state index is 12.2. The zero-order chi connectivity index (χ0) is 14.8. The van der Waals surface area contributed by atoms with Crippen LogP contribution in [0.4, 0.5) is 0 Å². The quantitative estimate of drug-likeness (QED) is 0.650. The molecule has 1 aromatic heterocycles. The minimum Gasteiger partial charge on any atom is -0.494 e. The Bertz CT molecular complexity index is 852. The van der Waals surface area contributed by atoms with Crippen molar-refractivity contribution in [2.45, 2.75) is 6.92 Å². The van der Waals surface area contributed by atoms with Crippen LogP contribution in [0.1, 0.15) is 6.92 Å². The van der Waals surface area contributed by atoms with Gasteiger partial charge in [0, 0.05) is 21.5 Å². The van der Waals surface area contributed by atoms with Crippen LogP contribution in [0.2, 0.25) is 0 Å². The number of hydrogen-bond acceptors (Lipinski definition) is 3. The summed E-state index contributed by atoms with van der Waals surface area (Å²) < 4.78 is 11.7. The molecule has 0 spiro atoms. The molecular weight excluding hydrogens is 332 g/mol. The van der Waals surface area contributed by atoms with Crippen LogP contribution in [0.15, 0.2) is 62.2 Å². The van der Waals surface area contributed by atoms with E-state index in [1.807, 2.05) is 49.4 Å². The molecule has 0 fully saturated rings. The molecule has 106 valence electrons. The third kappa shape index (κ3) is 2.72. The van der Waals surface area contributed by atoms with Crippen molar-refractivity contribution in [2.75, 3.05) is 6.61 Å². The predicted molar refractivity (Wildman–Crippen MR) is 86.8 cm³/mol. The molecule has 0 unspecified atom stereocenters. The molecule has 0 bridgehead atoms. The molecule has 0 radical (unpaired) electrons. The second kappa shape index (κ2) is 5.74. The van der Waals surface area contributed by atoms with Crippen molar-refractivity contribution in [3.05, 3.63) is 63.4 Å². The average molecular weight is 345 g/mol. The highest BCUT2D eigenvalue weighted by atomic mass is 79.9. The Labute approximate surface area is 130 Å². The second-order valence-corrected chi connectivity index (χ2v) is 5.41. The maximum Gasteiger partial charge on any atom is 0.344 e. The summed E-state index contributed by atoms with van der Waals surface area (Å²) in [5.41, 5.74) is 1.53. The lowest BCUT2D eigenvalue weighted by molar-refractivity contribution is 0.340. The van der Waals surface area contributed by atoms with Gasteiger partial charge in [0.1, 0.15) is 11.3 Å². The molecule has 0 amide bonds. The topological polar surface area (TPSA) is 39.4 Å². The van der Waals surface area contributed by atoms with Gasteiger partial charge in [-0.15, -0.1) is 0 Å². The monoisotopic (exact) mass is 344 g/mol. The van der Waals surface area contributed by atoms with Gasteiger partial charge < -0.3 is 9.15 Å². The van der Waals surface area contributed by atoms with Gasteiger partial charge in [0.2, 0.25) is 0 Å². The zero-order valence-corrected chi connectivity index (χ0v) is 13.0. The number of halogens is 1. The van der Waals surface area contributed by atoms with Crippen LogP contribution in [0, 0.1) is 0 Å². The van der Waals surface area contributed by atoms with Gasteiger partial charge in [-0.25, -0.2) is 4.79 Å². The molecule has 2 aromatic carbocycles. The summed E-state index contributed by atoms with van der Waals surface area (Å²) in [6, 6.07) is 14.9. The summed E-state index contributed by atoms with van der Waals surface area (Å²) in [4.78, 5) is 12.2. The average Bonchev–Trinajstić information content (AvgIpc) is 2.48. The molecule has 1 heterocycles. The Morgan fingerprint density at radius 1 is 1.10 bits per heavy atom. The molecule has 0 saturated carbocycles. The number of benzene rings is 2. The smallest absolute Gasteiger partial charge is 0.344 e. The molecule has 3 aromatic rings. The maximum atomic E-state index is 12.2. The number of hydrogen-bond donors (Lipinski definition) is 0. The Morgan fingerprint density at radius 2 is 1.90 bits per heavy atom. The standard InChI is InChI=1S/C17H13BrO3/c1-2-20-12-8-7-11-9-14(17(19)21-16(11)10-12)13-5-3-4-6-15(13)18/h3-10H,2H2,1H3. The van der Waals surface area contributed by atoms with Crippen LogP contribution in [0.5, 0.6) is 5.75 Å². The Hall–Kier alpha value is -2.07. The molecule has 0 saturated heterocycles. The van der Waals surface area contributed by atoms with Crippen molar-refractivity contribution in [2.24, 2.45) is 0 Å². The van der Waals surface area contributed by atoms with Crippen LogP contribution in [-0.4, -0.2) is 6.61 Å². The van der Waals surface area contributed by atoms with Gasteiger partial charge in [-0.3, -0.25) is 0 Å². The first kappa shape index (κ1) is 13.9. The Kier molecular flexibility index (Phi) is 3.80. The van der Waals surface area contributed by atoms with Crippen LogP contribution >= 0.6 is 15.9 Å². The van der Waals surface area contributed by atoms with Crippen LogP contribution < -0.4 is 10.4 Å². The van der Waals surface area contributed by atoms with Crippen LogP contribution in [0.3, 0.4) is 0 Å². The molecule has 0 aliphatic rings. The zero-order valence-electron chi connectivity index (χ0n) is 11.4. The number of fused-ring (bicyclic) bond motifs is 1. The van der Waals surface area contributed by atoms with E-state index in [9.17, 15) is 4.79 Å². The second-order valence-electron chi connectivity index (χ2n) is 4.56. The lowest BCUT2D eigenvalue weighted by Gasteiger charge is -2.06. The molecule has 0 aliphatic heterocycles. The summed E-state index contributed by atoms with van der Waals surface area (Å²) in [6.07, 6.45) is 0. The van der Waals surface area contributed by atoms with Crippen LogP contribution in [-0.2, 0) is 0 Å². The van der Waals surface area contributed by atoms with Crippen molar-refractivity contribution in [3.8, 4) is 16.9 Å². The van der Waals surface area contributed by atoms with Crippen molar-refractivity contribution < 1.29 is 9.15 Å². The molecule has 3 nitrogen and oxygen atoms in total. The van der Waals surface area contributed by atoms with Crippen molar-refractivity contribution >= 4 is 26.9 Å². The van der Waals surface area contributed by atoms with E-state index in [2.05, 4.69) is 15.9 Å². The third-order valence-corrected chi connectivity index (χ3v) is 3.87. The summed E-state index contributed by atoms with van der Waals surface area (Å²) >= 11 is 3.46. The van der Waals surface area contributed by atoms with Gasteiger partial charge in [-0.1, -0.05) is 34.1 Å². The van der Waals surface area contributed by atoms with Gasteiger partial charge in [-0.05, 0) is 31.2 Å². The van der Waals surface area contributed by atoms with E-state index in [1.54, 1.807) is 6.07 Å². The van der Waals surface area contributed by atoms with E-state index in [0.29, 0.717) is 23.5 Å². The predicted octanol–water partition coefficient (Wildman–Crippen LogP) is 4.62. The van der Waals surface area contributed by atoms with E-state index in [4.69, 9.17) is 9.15 Å². The van der Waals surface area contributed by atoms with Gasteiger partial charge in [-0.2, -0.15) is 0 Å². The van der Waals surface area contributed by atoms with Crippen LogP contribution in [0.25, 0.3) is 22.1 Å². The normalized spacial score (nSPS) is 10.8. The first-order chi connectivity index (χ1) is 10.2. The van der Waals surface area contributed by atoms with Crippen molar-refractivity contribution in [1.29, 1.82) is 0 Å². The minimum atomic E-state index is -0.358. The van der Waals surface area contributed by atoms with Crippen molar-refractivity contribution in [1.82, 2.24) is 0 Å². The highest BCUT2D eigenvalue weighted by Crippen LogP contribution is 2.28. The lowest BCUT2D eigenvalue weighted by Crippen LogP contribution is -2.03. The molecule has 4 heteroatoms. The third-order valence-electron chi connectivity index (χ3n) is 3.18. The van der Waals surface area contributed by atoms with Crippen molar-refractivity contribution in [3.63, 3.8) is 0 Å². The van der Waals surface area contributed by atoms with Gasteiger partial charge >= 0.3 is 5.63 Å². The van der Waals surface area contributed by atoms with E-state index in [-0.39, 0.29) is 5.63 Å².